The molecule has 1 aliphatic heterocycles. The Kier molecular flexibility index (Phi) is 5.64. The van der Waals surface area contributed by atoms with Crippen LogP contribution in [0.1, 0.15) is 31.1 Å². The first kappa shape index (κ1) is 20.1. The Labute approximate surface area is 166 Å². The molecule has 1 fully saturated rings. The molecular weight excluding hydrogens is 378 g/mol. The summed E-state index contributed by atoms with van der Waals surface area (Å²) >= 11 is 0. The first-order chi connectivity index (χ1) is 13.8. The summed E-state index contributed by atoms with van der Waals surface area (Å²) < 4.78 is 0. The molecule has 2 aromatic rings. The highest BCUT2D eigenvalue weighted by molar-refractivity contribution is 5.85. The van der Waals surface area contributed by atoms with Crippen LogP contribution in [0.2, 0.25) is 0 Å². The van der Waals surface area contributed by atoms with Crippen molar-refractivity contribution in [3.05, 3.63) is 79.9 Å². The van der Waals surface area contributed by atoms with Gasteiger partial charge in [0.25, 0.3) is 17.3 Å². The maximum absolute atomic E-state index is 12.6. The van der Waals surface area contributed by atoms with Gasteiger partial charge in [-0.1, -0.05) is 0 Å². The number of hydrazone groups is 1. The number of amides is 1. The number of carbonyl (C=O) groups excluding carboxylic acids is 1. The van der Waals surface area contributed by atoms with Gasteiger partial charge in [-0.25, -0.2) is 5.01 Å². The van der Waals surface area contributed by atoms with Gasteiger partial charge in [0, 0.05) is 30.3 Å². The molecule has 29 heavy (non-hydrogen) atoms. The molecule has 0 unspecified atom stereocenters. The van der Waals surface area contributed by atoms with Crippen LogP contribution < -0.4 is 0 Å². The number of nitro benzene ring substituents is 2. The summed E-state index contributed by atoms with van der Waals surface area (Å²) in [7, 11) is 0. The van der Waals surface area contributed by atoms with Crippen molar-refractivity contribution in [2.24, 2.45) is 5.10 Å². The Hall–Kier alpha value is -3.66. The number of hydrogen-bond donors (Lipinski definition) is 0. The second kappa shape index (κ2) is 8.15. The van der Waals surface area contributed by atoms with Gasteiger partial charge in [0.2, 0.25) is 0 Å². The molecule has 3 rings (SSSR count). The average Bonchev–Trinajstić information content (AvgIpc) is 3.03. The smallest absolute Gasteiger partial charge is 0.269 e. The largest absolute Gasteiger partial charge is 0.271 e. The van der Waals surface area contributed by atoms with Gasteiger partial charge in [-0.3, -0.25) is 29.9 Å². The van der Waals surface area contributed by atoms with Crippen LogP contribution in [0.25, 0.3) is 0 Å². The van der Waals surface area contributed by atoms with Crippen LogP contribution in [0.4, 0.5) is 11.4 Å². The van der Waals surface area contributed by atoms with Crippen molar-refractivity contribution in [2.45, 2.75) is 26.1 Å². The van der Waals surface area contributed by atoms with E-state index in [1.165, 1.54) is 35.5 Å². The average molecular weight is 397 g/mol. The van der Waals surface area contributed by atoms with Crippen LogP contribution in [0.5, 0.6) is 0 Å². The molecule has 2 aromatic carbocycles. The quantitative estimate of drug-likeness (QED) is 0.419. The summed E-state index contributed by atoms with van der Waals surface area (Å²) in [6.45, 7) is 4.07. The van der Waals surface area contributed by atoms with E-state index in [0.29, 0.717) is 11.1 Å². The van der Waals surface area contributed by atoms with Crippen LogP contribution in [-0.2, 0) is 4.79 Å². The molecular formula is C19H19N5O5. The first-order valence-electron chi connectivity index (χ1n) is 8.88. The van der Waals surface area contributed by atoms with Gasteiger partial charge >= 0.3 is 0 Å². The highest BCUT2D eigenvalue weighted by atomic mass is 16.6. The molecule has 150 valence electrons. The molecule has 0 aliphatic carbocycles. The van der Waals surface area contributed by atoms with Crippen molar-refractivity contribution >= 4 is 23.5 Å². The minimum atomic E-state index is -0.502. The van der Waals surface area contributed by atoms with Gasteiger partial charge in [0.15, 0.2) is 0 Å². The van der Waals surface area contributed by atoms with Crippen molar-refractivity contribution < 1.29 is 14.6 Å². The molecule has 10 nitrogen and oxygen atoms in total. The number of hydrogen-bond acceptors (Lipinski definition) is 7. The van der Waals surface area contributed by atoms with Gasteiger partial charge in [0.1, 0.15) is 6.17 Å². The lowest BCUT2D eigenvalue weighted by atomic mass is 10.1. The second-order valence-corrected chi connectivity index (χ2v) is 6.82. The summed E-state index contributed by atoms with van der Waals surface area (Å²) in [6, 6.07) is 11.9. The minimum Gasteiger partial charge on any atom is -0.271 e. The molecule has 1 atom stereocenters. The maximum Gasteiger partial charge on any atom is 0.269 e. The van der Waals surface area contributed by atoms with Gasteiger partial charge in [-0.15, -0.1) is 0 Å². The lowest BCUT2D eigenvalue weighted by Crippen LogP contribution is -2.33. The number of nitrogens with zero attached hydrogens (tertiary/aromatic N) is 5. The Morgan fingerprint density at radius 2 is 1.52 bits per heavy atom. The van der Waals surface area contributed by atoms with E-state index in [9.17, 15) is 25.0 Å². The molecule has 0 radical (unpaired) electrons. The van der Waals surface area contributed by atoms with E-state index < -0.39 is 16.0 Å². The van der Waals surface area contributed by atoms with Crippen molar-refractivity contribution in [1.82, 2.24) is 9.91 Å². The van der Waals surface area contributed by atoms with Crippen molar-refractivity contribution in [2.75, 3.05) is 6.54 Å². The standard InChI is InChI=1S/C19H19N5O5/c1-13(2)21-12-18(25)22(19(21)15-5-9-17(10-6-15)24(28)29)20-11-14-3-7-16(8-4-14)23(26)27/h3-11,13,19H,12H2,1-2H3/b20-11-/t19-/m0/s1. The van der Waals surface area contributed by atoms with Crippen LogP contribution in [0, 0.1) is 20.2 Å². The number of carbonyl (C=O) groups is 1. The van der Waals surface area contributed by atoms with Gasteiger partial charge < -0.3 is 0 Å². The van der Waals surface area contributed by atoms with Crippen LogP contribution in [0.3, 0.4) is 0 Å². The fraction of sp³-hybridized carbons (Fsp3) is 0.263. The fourth-order valence-electron chi connectivity index (χ4n) is 3.10. The second-order valence-electron chi connectivity index (χ2n) is 6.82. The van der Waals surface area contributed by atoms with Crippen molar-refractivity contribution in [3.8, 4) is 0 Å². The molecule has 1 aliphatic rings. The number of rotatable bonds is 6. The van der Waals surface area contributed by atoms with E-state index >= 15 is 0 Å². The summed E-state index contributed by atoms with van der Waals surface area (Å²) in [5, 5.41) is 27.3. The van der Waals surface area contributed by atoms with Gasteiger partial charge in [-0.2, -0.15) is 5.10 Å². The summed E-state index contributed by atoms with van der Waals surface area (Å²) in [4.78, 5) is 35.2. The fourth-order valence-corrected chi connectivity index (χ4v) is 3.10. The van der Waals surface area contributed by atoms with Crippen LogP contribution in [0.15, 0.2) is 53.6 Å². The van der Waals surface area contributed by atoms with E-state index in [-0.39, 0.29) is 29.9 Å². The van der Waals surface area contributed by atoms with Crippen molar-refractivity contribution in [1.29, 1.82) is 0 Å². The van der Waals surface area contributed by atoms with E-state index in [2.05, 4.69) is 5.10 Å². The predicted octanol–water partition coefficient (Wildman–Crippen LogP) is 3.09. The van der Waals surface area contributed by atoms with Crippen molar-refractivity contribution in [3.63, 3.8) is 0 Å². The third-order valence-corrected chi connectivity index (χ3v) is 4.62. The highest BCUT2D eigenvalue weighted by Gasteiger charge is 2.40. The Morgan fingerprint density at radius 1 is 1.00 bits per heavy atom. The summed E-state index contributed by atoms with van der Waals surface area (Å²) in [5.74, 6) is -0.208. The van der Waals surface area contributed by atoms with Crippen LogP contribution in [-0.4, -0.2) is 44.5 Å². The van der Waals surface area contributed by atoms with E-state index in [0.717, 1.165) is 0 Å². The Balaban J connectivity index is 1.90. The number of benzene rings is 2. The summed E-state index contributed by atoms with van der Waals surface area (Å²) in [6.07, 6.45) is 0.960. The highest BCUT2D eigenvalue weighted by Crippen LogP contribution is 2.33. The third kappa shape index (κ3) is 4.27. The molecule has 1 saturated heterocycles. The summed E-state index contributed by atoms with van der Waals surface area (Å²) in [5.41, 5.74) is 1.24. The normalized spacial score (nSPS) is 17.4. The zero-order chi connectivity index (χ0) is 21.1. The maximum atomic E-state index is 12.6. The molecule has 1 amide bonds. The predicted molar refractivity (Wildman–Crippen MR) is 105 cm³/mol. The third-order valence-electron chi connectivity index (χ3n) is 4.62. The zero-order valence-electron chi connectivity index (χ0n) is 15.8. The molecule has 1 heterocycles. The first-order valence-corrected chi connectivity index (χ1v) is 8.88. The molecule has 0 saturated carbocycles. The number of non-ortho nitro benzene ring substituents is 2. The molecule has 0 spiro atoms. The Morgan fingerprint density at radius 3 is 2.00 bits per heavy atom. The van der Waals surface area contributed by atoms with Gasteiger partial charge in [-0.05, 0) is 49.2 Å². The lowest BCUT2D eigenvalue weighted by molar-refractivity contribution is -0.385. The minimum absolute atomic E-state index is 0.0323. The monoisotopic (exact) mass is 397 g/mol. The Bertz CT molecular complexity index is 956. The van der Waals surface area contributed by atoms with E-state index in [1.807, 2.05) is 18.7 Å². The molecule has 0 aromatic heterocycles. The molecule has 0 N–H and O–H groups in total. The molecule has 10 heteroatoms. The van der Waals surface area contributed by atoms with E-state index in [4.69, 9.17) is 0 Å². The zero-order valence-corrected chi connectivity index (χ0v) is 15.8. The number of nitro groups is 2. The van der Waals surface area contributed by atoms with Gasteiger partial charge in [0.05, 0.1) is 22.6 Å². The van der Waals surface area contributed by atoms with E-state index in [1.54, 1.807) is 24.3 Å². The SMILES string of the molecule is CC(C)N1CC(=O)N(/N=C\c2ccc([N+](=O)[O-])cc2)[C@H]1c1ccc([N+](=O)[O-])cc1. The topological polar surface area (TPSA) is 122 Å². The molecule has 0 bridgehead atoms. The lowest BCUT2D eigenvalue weighted by Gasteiger charge is -2.30. The van der Waals surface area contributed by atoms with Crippen LogP contribution >= 0.6 is 0 Å².